The number of thiazole rings is 2. The number of rotatable bonds is 5. The summed E-state index contributed by atoms with van der Waals surface area (Å²) in [5.41, 5.74) is 3.67. The van der Waals surface area contributed by atoms with Gasteiger partial charge < -0.3 is 10.6 Å². The van der Waals surface area contributed by atoms with Crippen molar-refractivity contribution < 1.29 is 4.79 Å². The first-order valence-electron chi connectivity index (χ1n) is 7.96. The standard InChI is InChI=1S/C18H20N4OS2/c1-10-9-24-17(20-10)12(3)21-16(23)14-7-5-13(6-8-14)15-11(2)22-18(19-4)25-15/h5-9,12H,1-4H3,(H,19,22)(H,21,23)/t12-/m0/s1. The lowest BCUT2D eigenvalue weighted by Gasteiger charge is -2.11. The summed E-state index contributed by atoms with van der Waals surface area (Å²) in [7, 11) is 1.86. The lowest BCUT2D eigenvalue weighted by molar-refractivity contribution is 0.0940. The second-order valence-electron chi connectivity index (χ2n) is 5.78. The van der Waals surface area contributed by atoms with Crippen LogP contribution in [0.3, 0.4) is 0 Å². The number of hydrogen-bond donors (Lipinski definition) is 2. The molecule has 0 saturated heterocycles. The molecular formula is C18H20N4OS2. The molecule has 3 rings (SSSR count). The number of nitrogens with one attached hydrogen (secondary N) is 2. The molecule has 2 N–H and O–H groups in total. The van der Waals surface area contributed by atoms with Crippen LogP contribution in [0, 0.1) is 13.8 Å². The van der Waals surface area contributed by atoms with Crippen LogP contribution in [0.15, 0.2) is 29.6 Å². The zero-order chi connectivity index (χ0) is 18.0. The van der Waals surface area contributed by atoms with E-state index >= 15 is 0 Å². The molecule has 3 aromatic rings. The summed E-state index contributed by atoms with van der Waals surface area (Å²) in [5, 5.41) is 9.86. The molecule has 2 heterocycles. The molecule has 2 aromatic heterocycles. The molecule has 0 radical (unpaired) electrons. The third-order valence-corrected chi connectivity index (χ3v) is 6.14. The molecule has 0 aliphatic heterocycles. The molecule has 0 unspecified atom stereocenters. The van der Waals surface area contributed by atoms with Crippen molar-refractivity contribution in [1.29, 1.82) is 0 Å². The highest BCUT2D eigenvalue weighted by Gasteiger charge is 2.15. The number of anilines is 1. The van der Waals surface area contributed by atoms with E-state index < -0.39 is 0 Å². The van der Waals surface area contributed by atoms with Crippen LogP contribution < -0.4 is 10.6 Å². The molecular weight excluding hydrogens is 352 g/mol. The van der Waals surface area contributed by atoms with Gasteiger partial charge in [-0.05, 0) is 38.5 Å². The molecule has 0 saturated carbocycles. The lowest BCUT2D eigenvalue weighted by Crippen LogP contribution is -2.26. The smallest absolute Gasteiger partial charge is 0.251 e. The van der Waals surface area contributed by atoms with Crippen LogP contribution in [-0.4, -0.2) is 22.9 Å². The van der Waals surface area contributed by atoms with E-state index in [1.807, 2.05) is 57.5 Å². The van der Waals surface area contributed by atoms with Gasteiger partial charge in [-0.1, -0.05) is 23.5 Å². The topological polar surface area (TPSA) is 66.9 Å². The summed E-state index contributed by atoms with van der Waals surface area (Å²) in [4.78, 5) is 22.4. The number of aromatic nitrogens is 2. The molecule has 25 heavy (non-hydrogen) atoms. The van der Waals surface area contributed by atoms with Crippen molar-refractivity contribution in [3.05, 3.63) is 51.6 Å². The molecule has 1 aromatic carbocycles. The number of hydrogen-bond acceptors (Lipinski definition) is 6. The Hall–Kier alpha value is -2.25. The molecule has 0 aliphatic carbocycles. The fourth-order valence-electron chi connectivity index (χ4n) is 2.46. The first kappa shape index (κ1) is 17.6. The zero-order valence-electron chi connectivity index (χ0n) is 14.6. The fourth-order valence-corrected chi connectivity index (χ4v) is 4.19. The molecule has 5 nitrogen and oxygen atoms in total. The molecule has 0 fully saturated rings. The van der Waals surface area contributed by atoms with E-state index in [1.165, 1.54) is 0 Å². The number of carbonyl (C=O) groups is 1. The molecule has 1 amide bonds. The first-order chi connectivity index (χ1) is 12.0. The zero-order valence-corrected chi connectivity index (χ0v) is 16.2. The quantitative estimate of drug-likeness (QED) is 0.696. The second-order valence-corrected chi connectivity index (χ2v) is 7.67. The Kier molecular flexibility index (Phi) is 5.15. The van der Waals surface area contributed by atoms with E-state index in [0.29, 0.717) is 5.56 Å². The van der Waals surface area contributed by atoms with Gasteiger partial charge in [-0.15, -0.1) is 11.3 Å². The predicted molar refractivity (Wildman–Crippen MR) is 105 cm³/mol. The van der Waals surface area contributed by atoms with Crippen molar-refractivity contribution in [2.75, 3.05) is 12.4 Å². The summed E-state index contributed by atoms with van der Waals surface area (Å²) in [6.07, 6.45) is 0. The van der Waals surface area contributed by atoms with E-state index in [4.69, 9.17) is 0 Å². The maximum Gasteiger partial charge on any atom is 0.251 e. The van der Waals surface area contributed by atoms with Crippen LogP contribution in [0.2, 0.25) is 0 Å². The van der Waals surface area contributed by atoms with Crippen molar-refractivity contribution in [3.8, 4) is 10.4 Å². The molecule has 130 valence electrons. The number of nitrogens with zero attached hydrogens (tertiary/aromatic N) is 2. The van der Waals surface area contributed by atoms with Crippen LogP contribution in [0.4, 0.5) is 5.13 Å². The van der Waals surface area contributed by atoms with Crippen molar-refractivity contribution in [2.45, 2.75) is 26.8 Å². The minimum atomic E-state index is -0.104. The Morgan fingerprint density at radius 3 is 2.44 bits per heavy atom. The Balaban J connectivity index is 1.73. The Bertz CT molecular complexity index is 883. The highest BCUT2D eigenvalue weighted by molar-refractivity contribution is 7.19. The van der Waals surface area contributed by atoms with Gasteiger partial charge >= 0.3 is 0 Å². The normalized spacial score (nSPS) is 12.0. The average Bonchev–Trinajstić information content (AvgIpc) is 3.20. The SMILES string of the molecule is CNc1nc(C)c(-c2ccc(C(=O)N[C@@H](C)c3nc(C)cs3)cc2)s1. The minimum absolute atomic E-state index is 0.0937. The van der Waals surface area contributed by atoms with E-state index in [0.717, 1.165) is 32.0 Å². The molecule has 0 spiro atoms. The van der Waals surface area contributed by atoms with Crippen molar-refractivity contribution in [2.24, 2.45) is 0 Å². The first-order valence-corrected chi connectivity index (χ1v) is 9.66. The van der Waals surface area contributed by atoms with Crippen molar-refractivity contribution in [1.82, 2.24) is 15.3 Å². The number of amides is 1. The predicted octanol–water partition coefficient (Wildman–Crippen LogP) is 4.42. The van der Waals surface area contributed by atoms with Crippen LogP contribution >= 0.6 is 22.7 Å². The van der Waals surface area contributed by atoms with Gasteiger partial charge in [-0.2, -0.15) is 0 Å². The average molecular weight is 373 g/mol. The fraction of sp³-hybridized carbons (Fsp3) is 0.278. The van der Waals surface area contributed by atoms with E-state index in [1.54, 1.807) is 22.7 Å². The van der Waals surface area contributed by atoms with Crippen LogP contribution in [0.5, 0.6) is 0 Å². The third-order valence-electron chi connectivity index (χ3n) is 3.77. The van der Waals surface area contributed by atoms with E-state index in [2.05, 4.69) is 20.6 Å². The minimum Gasteiger partial charge on any atom is -0.365 e. The number of benzene rings is 1. The maximum absolute atomic E-state index is 12.4. The highest BCUT2D eigenvalue weighted by Crippen LogP contribution is 2.32. The highest BCUT2D eigenvalue weighted by atomic mass is 32.1. The van der Waals surface area contributed by atoms with Crippen molar-refractivity contribution in [3.63, 3.8) is 0 Å². The molecule has 7 heteroatoms. The molecule has 0 aliphatic rings. The lowest BCUT2D eigenvalue weighted by atomic mass is 10.1. The van der Waals surface area contributed by atoms with Gasteiger partial charge in [0.15, 0.2) is 5.13 Å². The van der Waals surface area contributed by atoms with Crippen molar-refractivity contribution >= 4 is 33.7 Å². The van der Waals surface area contributed by atoms with Gasteiger partial charge in [0, 0.05) is 23.7 Å². The van der Waals surface area contributed by atoms with E-state index in [9.17, 15) is 4.79 Å². The summed E-state index contributed by atoms with van der Waals surface area (Å²) in [6, 6.07) is 7.53. The van der Waals surface area contributed by atoms with Crippen LogP contribution in [0.25, 0.3) is 10.4 Å². The van der Waals surface area contributed by atoms with Gasteiger partial charge in [0.2, 0.25) is 0 Å². The summed E-state index contributed by atoms with van der Waals surface area (Å²) in [6.45, 7) is 5.89. The number of aryl methyl sites for hydroxylation is 2. The molecule has 1 atom stereocenters. The third kappa shape index (κ3) is 3.88. The van der Waals surface area contributed by atoms with E-state index in [-0.39, 0.29) is 11.9 Å². The van der Waals surface area contributed by atoms with Gasteiger partial charge in [0.1, 0.15) is 5.01 Å². The van der Waals surface area contributed by atoms with Gasteiger partial charge in [0.25, 0.3) is 5.91 Å². The Labute approximate surface area is 155 Å². The number of carbonyl (C=O) groups excluding carboxylic acids is 1. The summed E-state index contributed by atoms with van der Waals surface area (Å²) in [5.74, 6) is -0.0937. The second kappa shape index (κ2) is 7.33. The summed E-state index contributed by atoms with van der Waals surface area (Å²) < 4.78 is 0. The monoisotopic (exact) mass is 372 g/mol. The summed E-state index contributed by atoms with van der Waals surface area (Å²) >= 11 is 3.17. The van der Waals surface area contributed by atoms with Crippen LogP contribution in [-0.2, 0) is 0 Å². The molecule has 0 bridgehead atoms. The maximum atomic E-state index is 12.4. The largest absolute Gasteiger partial charge is 0.365 e. The van der Waals surface area contributed by atoms with Gasteiger partial charge in [-0.3, -0.25) is 4.79 Å². The van der Waals surface area contributed by atoms with Gasteiger partial charge in [0.05, 0.1) is 16.6 Å². The van der Waals surface area contributed by atoms with Crippen LogP contribution in [0.1, 0.15) is 39.7 Å². The Morgan fingerprint density at radius 1 is 1.16 bits per heavy atom. The Morgan fingerprint density at radius 2 is 1.88 bits per heavy atom. The van der Waals surface area contributed by atoms with Gasteiger partial charge in [-0.25, -0.2) is 9.97 Å².